The number of benzene rings is 1. The molecule has 2 N–H and O–H groups in total. The van der Waals surface area contributed by atoms with E-state index in [2.05, 4.69) is 52.8 Å². The molecule has 0 fully saturated rings. The SMILES string of the molecule is CC(NCCCc1ccccc1)c1ccn[nH]1. The van der Waals surface area contributed by atoms with Crippen molar-refractivity contribution in [2.75, 3.05) is 6.54 Å². The smallest absolute Gasteiger partial charge is 0.0518 e. The fraction of sp³-hybridized carbons (Fsp3) is 0.357. The van der Waals surface area contributed by atoms with Gasteiger partial charge in [0, 0.05) is 12.2 Å². The molecule has 0 spiro atoms. The molecular weight excluding hydrogens is 210 g/mol. The van der Waals surface area contributed by atoms with Gasteiger partial charge in [-0.15, -0.1) is 0 Å². The van der Waals surface area contributed by atoms with E-state index in [9.17, 15) is 0 Å². The molecule has 0 amide bonds. The molecule has 3 nitrogen and oxygen atoms in total. The minimum absolute atomic E-state index is 0.341. The Hall–Kier alpha value is -1.61. The van der Waals surface area contributed by atoms with Crippen LogP contribution in [0, 0.1) is 0 Å². The molecule has 90 valence electrons. The fourth-order valence-corrected chi connectivity index (χ4v) is 1.87. The highest BCUT2D eigenvalue weighted by atomic mass is 15.1. The van der Waals surface area contributed by atoms with Crippen LogP contribution in [0.1, 0.15) is 30.6 Å². The molecule has 1 aromatic heterocycles. The van der Waals surface area contributed by atoms with Crippen LogP contribution in [-0.2, 0) is 6.42 Å². The van der Waals surface area contributed by atoms with Crippen LogP contribution >= 0.6 is 0 Å². The summed E-state index contributed by atoms with van der Waals surface area (Å²) < 4.78 is 0. The molecule has 0 aliphatic rings. The number of nitrogens with one attached hydrogen (secondary N) is 2. The Morgan fingerprint density at radius 3 is 2.76 bits per heavy atom. The van der Waals surface area contributed by atoms with Gasteiger partial charge in [-0.25, -0.2) is 0 Å². The van der Waals surface area contributed by atoms with E-state index in [1.54, 1.807) is 6.20 Å². The first-order valence-electron chi connectivity index (χ1n) is 6.13. The first kappa shape index (κ1) is 11.9. The quantitative estimate of drug-likeness (QED) is 0.748. The molecule has 0 aliphatic heterocycles. The third-order valence-corrected chi connectivity index (χ3v) is 2.92. The summed E-state index contributed by atoms with van der Waals surface area (Å²) in [4.78, 5) is 0. The number of rotatable bonds is 6. The van der Waals surface area contributed by atoms with Crippen LogP contribution < -0.4 is 5.32 Å². The predicted octanol–water partition coefficient (Wildman–Crippen LogP) is 2.69. The average Bonchev–Trinajstić information content (AvgIpc) is 2.89. The molecular formula is C14H19N3. The van der Waals surface area contributed by atoms with Crippen molar-refractivity contribution in [2.24, 2.45) is 0 Å². The summed E-state index contributed by atoms with van der Waals surface area (Å²) in [6.07, 6.45) is 4.07. The lowest BCUT2D eigenvalue weighted by Crippen LogP contribution is -2.20. The highest BCUT2D eigenvalue weighted by molar-refractivity contribution is 5.14. The van der Waals surface area contributed by atoms with Crippen molar-refractivity contribution in [3.63, 3.8) is 0 Å². The number of aromatic nitrogens is 2. The van der Waals surface area contributed by atoms with Crippen molar-refractivity contribution < 1.29 is 0 Å². The van der Waals surface area contributed by atoms with Gasteiger partial charge in [-0.1, -0.05) is 30.3 Å². The van der Waals surface area contributed by atoms with E-state index in [-0.39, 0.29) is 0 Å². The first-order chi connectivity index (χ1) is 8.36. The van der Waals surface area contributed by atoms with Crippen LogP contribution in [0.2, 0.25) is 0 Å². The van der Waals surface area contributed by atoms with Crippen molar-refractivity contribution in [3.05, 3.63) is 53.9 Å². The Bertz CT molecular complexity index is 408. The predicted molar refractivity (Wildman–Crippen MR) is 69.8 cm³/mol. The maximum absolute atomic E-state index is 3.95. The molecule has 2 rings (SSSR count). The van der Waals surface area contributed by atoms with Crippen LogP contribution in [-0.4, -0.2) is 16.7 Å². The molecule has 1 atom stereocenters. The number of nitrogens with zero attached hydrogens (tertiary/aromatic N) is 1. The first-order valence-corrected chi connectivity index (χ1v) is 6.13. The molecule has 0 saturated heterocycles. The maximum atomic E-state index is 3.95. The summed E-state index contributed by atoms with van der Waals surface area (Å²) in [7, 11) is 0. The van der Waals surface area contributed by atoms with Crippen LogP contribution in [0.5, 0.6) is 0 Å². The van der Waals surface area contributed by atoms with Crippen LogP contribution in [0.3, 0.4) is 0 Å². The van der Waals surface area contributed by atoms with Crippen molar-refractivity contribution in [1.82, 2.24) is 15.5 Å². The Labute approximate surface area is 102 Å². The van der Waals surface area contributed by atoms with Gasteiger partial charge in [-0.3, -0.25) is 5.10 Å². The summed E-state index contributed by atoms with van der Waals surface area (Å²) in [6, 6.07) is 13.0. The van der Waals surface area contributed by atoms with E-state index in [1.165, 1.54) is 5.56 Å². The molecule has 0 aliphatic carbocycles. The minimum atomic E-state index is 0.341. The van der Waals surface area contributed by atoms with E-state index in [1.807, 2.05) is 6.07 Å². The number of hydrogen-bond acceptors (Lipinski definition) is 2. The lowest BCUT2D eigenvalue weighted by molar-refractivity contribution is 0.546. The van der Waals surface area contributed by atoms with Crippen molar-refractivity contribution in [3.8, 4) is 0 Å². The van der Waals surface area contributed by atoms with Crippen LogP contribution in [0.25, 0.3) is 0 Å². The molecule has 0 saturated carbocycles. The van der Waals surface area contributed by atoms with Gasteiger partial charge in [-0.05, 0) is 37.9 Å². The van der Waals surface area contributed by atoms with Crippen molar-refractivity contribution >= 4 is 0 Å². The van der Waals surface area contributed by atoms with Crippen LogP contribution in [0.4, 0.5) is 0 Å². The summed E-state index contributed by atoms with van der Waals surface area (Å²) >= 11 is 0. The Morgan fingerprint density at radius 1 is 1.24 bits per heavy atom. The average molecular weight is 229 g/mol. The lowest BCUT2D eigenvalue weighted by Gasteiger charge is -2.11. The summed E-state index contributed by atoms with van der Waals surface area (Å²) in [5, 5.41) is 10.4. The second-order valence-electron chi connectivity index (χ2n) is 4.28. The van der Waals surface area contributed by atoms with E-state index >= 15 is 0 Å². The zero-order chi connectivity index (χ0) is 11.9. The zero-order valence-electron chi connectivity index (χ0n) is 10.2. The molecule has 3 heteroatoms. The number of H-pyrrole nitrogens is 1. The van der Waals surface area contributed by atoms with Gasteiger partial charge in [0.15, 0.2) is 0 Å². The van der Waals surface area contributed by atoms with E-state index in [0.717, 1.165) is 25.1 Å². The van der Waals surface area contributed by atoms with E-state index in [4.69, 9.17) is 0 Å². The Kier molecular flexibility index (Phi) is 4.33. The normalized spacial score (nSPS) is 12.5. The van der Waals surface area contributed by atoms with E-state index in [0.29, 0.717) is 6.04 Å². The zero-order valence-corrected chi connectivity index (χ0v) is 10.2. The molecule has 2 aromatic rings. The molecule has 1 unspecified atom stereocenters. The minimum Gasteiger partial charge on any atom is -0.309 e. The number of aromatic amines is 1. The topological polar surface area (TPSA) is 40.7 Å². The second-order valence-corrected chi connectivity index (χ2v) is 4.28. The highest BCUT2D eigenvalue weighted by Crippen LogP contribution is 2.07. The number of aryl methyl sites for hydroxylation is 1. The maximum Gasteiger partial charge on any atom is 0.0518 e. The monoisotopic (exact) mass is 229 g/mol. The molecule has 1 aromatic carbocycles. The van der Waals surface area contributed by atoms with Gasteiger partial charge in [0.1, 0.15) is 0 Å². The summed E-state index contributed by atoms with van der Waals surface area (Å²) in [5.74, 6) is 0. The second kappa shape index (κ2) is 6.21. The standard InChI is InChI=1S/C14H19N3/c1-12(14-9-11-16-17-14)15-10-5-8-13-6-3-2-4-7-13/h2-4,6-7,9,11-12,15H,5,8,10H2,1H3,(H,16,17). The third-order valence-electron chi connectivity index (χ3n) is 2.92. The molecule has 1 heterocycles. The van der Waals surface area contributed by atoms with Crippen molar-refractivity contribution in [1.29, 1.82) is 0 Å². The third kappa shape index (κ3) is 3.71. The lowest BCUT2D eigenvalue weighted by atomic mass is 10.1. The molecule has 0 bridgehead atoms. The Balaban J connectivity index is 1.67. The molecule has 17 heavy (non-hydrogen) atoms. The van der Waals surface area contributed by atoms with E-state index < -0.39 is 0 Å². The highest BCUT2D eigenvalue weighted by Gasteiger charge is 2.04. The summed E-state index contributed by atoms with van der Waals surface area (Å²) in [5.41, 5.74) is 2.55. The van der Waals surface area contributed by atoms with Crippen LogP contribution in [0.15, 0.2) is 42.6 Å². The largest absolute Gasteiger partial charge is 0.309 e. The van der Waals surface area contributed by atoms with Gasteiger partial charge < -0.3 is 5.32 Å². The van der Waals surface area contributed by atoms with Gasteiger partial charge in [0.05, 0.1) is 5.69 Å². The van der Waals surface area contributed by atoms with Crippen molar-refractivity contribution in [2.45, 2.75) is 25.8 Å². The van der Waals surface area contributed by atoms with Gasteiger partial charge in [-0.2, -0.15) is 5.10 Å². The molecule has 0 radical (unpaired) electrons. The number of hydrogen-bond donors (Lipinski definition) is 2. The van der Waals surface area contributed by atoms with Gasteiger partial charge in [0.2, 0.25) is 0 Å². The summed E-state index contributed by atoms with van der Waals surface area (Å²) in [6.45, 7) is 3.17. The van der Waals surface area contributed by atoms with Gasteiger partial charge >= 0.3 is 0 Å². The Morgan fingerprint density at radius 2 is 2.06 bits per heavy atom. The fourth-order valence-electron chi connectivity index (χ4n) is 1.87. The van der Waals surface area contributed by atoms with Gasteiger partial charge in [0.25, 0.3) is 0 Å².